The van der Waals surface area contributed by atoms with Crippen LogP contribution in [0.3, 0.4) is 0 Å². The molecule has 6 nitrogen and oxygen atoms in total. The number of nitro benzene ring substituents is 1. The molecule has 0 saturated heterocycles. The fraction of sp³-hybridized carbons (Fsp3) is 0.700. The summed E-state index contributed by atoms with van der Waals surface area (Å²) in [5.41, 5.74) is 0.813. The van der Waals surface area contributed by atoms with Gasteiger partial charge in [0.25, 0.3) is 0 Å². The van der Waals surface area contributed by atoms with Crippen molar-refractivity contribution in [1.29, 1.82) is 0 Å². The van der Waals surface area contributed by atoms with Crippen LogP contribution in [0.15, 0.2) is 12.1 Å². The van der Waals surface area contributed by atoms with E-state index in [2.05, 4.69) is 18.7 Å². The van der Waals surface area contributed by atoms with Crippen LogP contribution in [-0.2, 0) is 0 Å². The molecule has 0 amide bonds. The lowest BCUT2D eigenvalue weighted by Crippen LogP contribution is -2.26. The van der Waals surface area contributed by atoms with Gasteiger partial charge in [0.2, 0.25) is 11.5 Å². The lowest BCUT2D eigenvalue weighted by atomic mass is 10.1. The monoisotopic (exact) mass is 366 g/mol. The van der Waals surface area contributed by atoms with Gasteiger partial charge in [-0.15, -0.1) is 0 Å². The topological polar surface area (TPSA) is 64.8 Å². The van der Waals surface area contributed by atoms with Crippen LogP contribution >= 0.6 is 0 Å². The van der Waals surface area contributed by atoms with Crippen molar-refractivity contribution in [2.24, 2.45) is 0 Å². The molecular weight excluding hydrogens is 332 g/mol. The number of nitro groups is 1. The van der Waals surface area contributed by atoms with E-state index in [4.69, 9.17) is 9.47 Å². The summed E-state index contributed by atoms with van der Waals surface area (Å²) in [4.78, 5) is 13.2. The molecule has 0 spiro atoms. The van der Waals surface area contributed by atoms with Gasteiger partial charge >= 0.3 is 5.69 Å². The van der Waals surface area contributed by atoms with E-state index in [9.17, 15) is 10.1 Å². The Labute approximate surface area is 157 Å². The normalized spacial score (nSPS) is 10.6. The number of methoxy groups -OCH3 is 2. The van der Waals surface area contributed by atoms with Crippen molar-refractivity contribution < 1.29 is 14.4 Å². The average molecular weight is 367 g/mol. The van der Waals surface area contributed by atoms with Gasteiger partial charge in [-0.3, -0.25) is 10.1 Å². The van der Waals surface area contributed by atoms with Crippen LogP contribution in [0.4, 0.5) is 11.4 Å². The molecule has 0 aliphatic rings. The van der Waals surface area contributed by atoms with Gasteiger partial charge in [-0.05, 0) is 12.8 Å². The van der Waals surface area contributed by atoms with E-state index in [1.165, 1.54) is 52.7 Å². The zero-order chi connectivity index (χ0) is 19.4. The third kappa shape index (κ3) is 6.73. The molecule has 0 N–H and O–H groups in total. The molecule has 26 heavy (non-hydrogen) atoms. The van der Waals surface area contributed by atoms with Crippen LogP contribution in [0, 0.1) is 10.1 Å². The van der Waals surface area contributed by atoms with Gasteiger partial charge in [-0.2, -0.15) is 0 Å². The highest BCUT2D eigenvalue weighted by atomic mass is 16.6. The first kappa shape index (κ1) is 22.1. The van der Waals surface area contributed by atoms with Crippen LogP contribution in [-0.4, -0.2) is 32.2 Å². The number of hydrogen-bond donors (Lipinski definition) is 0. The Morgan fingerprint density at radius 3 is 1.69 bits per heavy atom. The van der Waals surface area contributed by atoms with Crippen molar-refractivity contribution in [2.75, 3.05) is 32.2 Å². The second-order valence-electron chi connectivity index (χ2n) is 6.56. The predicted molar refractivity (Wildman–Crippen MR) is 107 cm³/mol. The molecule has 1 aromatic carbocycles. The quantitative estimate of drug-likeness (QED) is 0.244. The molecule has 0 aliphatic heterocycles. The molecule has 0 radical (unpaired) electrons. The van der Waals surface area contributed by atoms with E-state index in [0.29, 0.717) is 0 Å². The number of unbranched alkanes of at least 4 members (excludes halogenated alkanes) is 6. The maximum Gasteiger partial charge on any atom is 0.352 e. The van der Waals surface area contributed by atoms with Gasteiger partial charge in [0.1, 0.15) is 0 Å². The zero-order valence-electron chi connectivity index (χ0n) is 16.8. The summed E-state index contributed by atoms with van der Waals surface area (Å²) in [6.45, 7) is 6.29. The van der Waals surface area contributed by atoms with Gasteiger partial charge in [0.05, 0.1) is 19.1 Å². The summed E-state index contributed by atoms with van der Waals surface area (Å²) in [7, 11) is 2.91. The highest BCUT2D eigenvalue weighted by Gasteiger charge is 2.24. The number of anilines is 1. The first-order valence-corrected chi connectivity index (χ1v) is 9.74. The Bertz CT molecular complexity index is 512. The SMILES string of the molecule is CCCCCCN(CCCCCC)c1cc(OC)c([N+](=O)[O-])c(OC)c1. The zero-order valence-corrected chi connectivity index (χ0v) is 16.8. The molecule has 1 aromatic rings. The van der Waals surface area contributed by atoms with Crippen LogP contribution in [0.1, 0.15) is 65.2 Å². The van der Waals surface area contributed by atoms with Crippen LogP contribution in [0.25, 0.3) is 0 Å². The van der Waals surface area contributed by atoms with Gasteiger partial charge < -0.3 is 14.4 Å². The average Bonchev–Trinajstić information content (AvgIpc) is 2.65. The molecule has 0 atom stereocenters. The largest absolute Gasteiger partial charge is 0.490 e. The van der Waals surface area contributed by atoms with Crippen molar-refractivity contribution in [1.82, 2.24) is 0 Å². The molecule has 0 fully saturated rings. The molecule has 0 aromatic heterocycles. The van der Waals surface area contributed by atoms with Crippen LogP contribution in [0.5, 0.6) is 11.5 Å². The second-order valence-corrected chi connectivity index (χ2v) is 6.56. The molecule has 6 heteroatoms. The summed E-state index contributed by atoms with van der Waals surface area (Å²) in [5, 5.41) is 11.4. The standard InChI is InChI=1S/C20H34N2O4/c1-5-7-9-11-13-21(14-12-10-8-6-2)17-15-18(25-3)20(22(23)24)19(16-17)26-4/h15-16H,5-14H2,1-4H3. The molecule has 1 rings (SSSR count). The summed E-state index contributed by atoms with van der Waals surface area (Å²) < 4.78 is 10.6. The van der Waals surface area contributed by atoms with Gasteiger partial charge in [-0.1, -0.05) is 52.4 Å². The van der Waals surface area contributed by atoms with Crippen molar-refractivity contribution >= 4 is 11.4 Å². The number of rotatable bonds is 14. The van der Waals surface area contributed by atoms with Crippen molar-refractivity contribution in [3.8, 4) is 11.5 Å². The van der Waals surface area contributed by atoms with Gasteiger partial charge in [0, 0.05) is 30.9 Å². The number of ether oxygens (including phenoxy) is 2. The fourth-order valence-corrected chi connectivity index (χ4v) is 3.07. The highest BCUT2D eigenvalue weighted by molar-refractivity contribution is 5.67. The molecule has 0 bridgehead atoms. The third-order valence-electron chi connectivity index (χ3n) is 4.58. The summed E-state index contributed by atoms with van der Waals surface area (Å²) >= 11 is 0. The molecule has 148 valence electrons. The van der Waals surface area contributed by atoms with Crippen LogP contribution in [0.2, 0.25) is 0 Å². The first-order valence-electron chi connectivity index (χ1n) is 9.74. The van der Waals surface area contributed by atoms with E-state index in [1.807, 2.05) is 0 Å². The van der Waals surface area contributed by atoms with Crippen molar-refractivity contribution in [3.63, 3.8) is 0 Å². The lowest BCUT2D eigenvalue weighted by molar-refractivity contribution is -0.386. The second kappa shape index (κ2) is 12.4. The van der Waals surface area contributed by atoms with E-state index in [-0.39, 0.29) is 17.2 Å². The Kier molecular flexibility index (Phi) is 10.5. The van der Waals surface area contributed by atoms with Gasteiger partial charge in [-0.25, -0.2) is 0 Å². The Hall–Kier alpha value is -1.98. The third-order valence-corrected chi connectivity index (χ3v) is 4.58. The van der Waals surface area contributed by atoms with E-state index < -0.39 is 4.92 Å². The number of hydrogen-bond acceptors (Lipinski definition) is 5. The summed E-state index contributed by atoms with van der Waals surface area (Å²) in [5.74, 6) is 0.493. The maximum atomic E-state index is 11.4. The molecular formula is C20H34N2O4. The minimum Gasteiger partial charge on any atom is -0.490 e. The van der Waals surface area contributed by atoms with E-state index in [1.54, 1.807) is 12.1 Å². The summed E-state index contributed by atoms with van der Waals surface area (Å²) in [6, 6.07) is 3.53. The fourth-order valence-electron chi connectivity index (χ4n) is 3.07. The van der Waals surface area contributed by atoms with Crippen molar-refractivity contribution in [3.05, 3.63) is 22.2 Å². The van der Waals surface area contributed by atoms with Crippen molar-refractivity contribution in [2.45, 2.75) is 65.2 Å². The number of benzene rings is 1. The van der Waals surface area contributed by atoms with E-state index in [0.717, 1.165) is 31.6 Å². The molecule has 0 heterocycles. The Morgan fingerprint density at radius 1 is 0.885 bits per heavy atom. The molecule has 0 aliphatic carbocycles. The van der Waals surface area contributed by atoms with Crippen LogP contribution < -0.4 is 14.4 Å². The maximum absolute atomic E-state index is 11.4. The minimum atomic E-state index is -0.450. The Balaban J connectivity index is 3.03. The molecule has 0 saturated carbocycles. The van der Waals surface area contributed by atoms with E-state index >= 15 is 0 Å². The number of nitrogens with zero attached hydrogens (tertiary/aromatic N) is 2. The predicted octanol–water partition coefficient (Wildman–Crippen LogP) is 5.58. The minimum absolute atomic E-state index is 0.115. The summed E-state index contributed by atoms with van der Waals surface area (Å²) in [6.07, 6.45) is 9.50. The first-order chi connectivity index (χ1) is 12.6. The lowest BCUT2D eigenvalue weighted by Gasteiger charge is -2.26. The van der Waals surface area contributed by atoms with Gasteiger partial charge in [0.15, 0.2) is 0 Å². The Morgan fingerprint density at radius 2 is 1.35 bits per heavy atom. The molecule has 0 unspecified atom stereocenters. The smallest absolute Gasteiger partial charge is 0.352 e. The highest BCUT2D eigenvalue weighted by Crippen LogP contribution is 2.40.